The average molecular weight is 224 g/mol. The van der Waals surface area contributed by atoms with Crippen molar-refractivity contribution in [2.75, 3.05) is 25.6 Å². The molecule has 0 rings (SSSR count). The maximum absolute atomic E-state index is 11.1. The minimum atomic E-state index is -3.28. The number of hydrogen-bond acceptors (Lipinski definition) is 4. The fraction of sp³-hybridized carbons (Fsp3) is 0.667. The molecule has 0 saturated carbocycles. The summed E-state index contributed by atoms with van der Waals surface area (Å²) in [6.07, 6.45) is 1.000. The van der Waals surface area contributed by atoms with Gasteiger partial charge in [-0.15, -0.1) is 0 Å². The van der Waals surface area contributed by atoms with E-state index >= 15 is 0 Å². The zero-order chi connectivity index (χ0) is 10.6. The topological polar surface area (TPSA) is 80.5 Å². The lowest BCUT2D eigenvalue weighted by molar-refractivity contribution is -0.126. The summed E-state index contributed by atoms with van der Waals surface area (Å²) in [4.78, 5) is 12.5. The molecule has 13 heavy (non-hydrogen) atoms. The number of likely N-dealkylation sites (N-methyl/N-ethyl adjacent to an activating group) is 1. The third kappa shape index (κ3) is 6.47. The summed E-state index contributed by atoms with van der Waals surface area (Å²) in [6.45, 7) is 0.101. The Balaban J connectivity index is 4.21. The van der Waals surface area contributed by atoms with E-state index in [1.165, 1.54) is 11.9 Å². The van der Waals surface area contributed by atoms with E-state index in [1.807, 2.05) is 0 Å². The molecule has 0 aliphatic rings. The van der Waals surface area contributed by atoms with E-state index in [4.69, 9.17) is 5.73 Å². The fourth-order valence-electron chi connectivity index (χ4n) is 0.656. The van der Waals surface area contributed by atoms with E-state index in [0.29, 0.717) is 0 Å². The molecule has 0 aromatic carbocycles. The Labute approximate surface area is 82.8 Å². The number of nitrogens with two attached hydrogens (primary N) is 1. The smallest absolute Gasteiger partial charge is 0.237 e. The van der Waals surface area contributed by atoms with Crippen molar-refractivity contribution >= 4 is 33.0 Å². The highest BCUT2D eigenvalue weighted by atomic mass is 32.2. The maximum Gasteiger partial charge on any atom is 0.237 e. The van der Waals surface area contributed by atoms with Crippen molar-refractivity contribution in [3.05, 3.63) is 0 Å². The largest absolute Gasteiger partial charge is 0.392 e. The summed E-state index contributed by atoms with van der Waals surface area (Å²) in [5.41, 5.74) is 5.18. The van der Waals surface area contributed by atoms with Gasteiger partial charge < -0.3 is 10.6 Å². The molecule has 0 saturated heterocycles. The van der Waals surface area contributed by atoms with Gasteiger partial charge in [0.2, 0.25) is 5.91 Å². The monoisotopic (exact) mass is 224 g/mol. The number of nitrogens with zero attached hydrogens (tertiary/aromatic N) is 1. The van der Waals surface area contributed by atoms with Gasteiger partial charge in [0.05, 0.1) is 11.5 Å². The summed E-state index contributed by atoms with van der Waals surface area (Å²) in [6, 6.07) is 0. The zero-order valence-electron chi connectivity index (χ0n) is 7.48. The number of amides is 1. The number of carbonyl (C=O) groups is 1. The molecule has 1 amide bonds. The first kappa shape index (κ1) is 12.3. The van der Waals surface area contributed by atoms with Crippen LogP contribution >= 0.6 is 12.2 Å². The Morgan fingerprint density at radius 2 is 2.00 bits per heavy atom. The number of carbonyl (C=O) groups excluding carboxylic acids is 1. The van der Waals surface area contributed by atoms with Crippen LogP contribution in [0.25, 0.3) is 0 Å². The van der Waals surface area contributed by atoms with E-state index in [2.05, 4.69) is 12.2 Å². The van der Waals surface area contributed by atoms with Crippen LogP contribution in [0.4, 0.5) is 0 Å². The summed E-state index contributed by atoms with van der Waals surface area (Å²) in [5.74, 6) is -1.01. The van der Waals surface area contributed by atoms with Gasteiger partial charge in [-0.25, -0.2) is 8.42 Å². The predicted molar refractivity (Wildman–Crippen MR) is 54.1 cm³/mol. The standard InChI is InChI=1S/C6H12N2O3S2/c1-8(3-5(7)12)6(9)4-13(2,10)11/h3-4H2,1-2H3,(H2,7,12). The van der Waals surface area contributed by atoms with Crippen LogP contribution in [0.1, 0.15) is 0 Å². The van der Waals surface area contributed by atoms with Crippen molar-refractivity contribution in [1.82, 2.24) is 4.90 Å². The molecule has 0 spiro atoms. The normalized spacial score (nSPS) is 10.9. The van der Waals surface area contributed by atoms with Crippen LogP contribution in [-0.2, 0) is 14.6 Å². The molecule has 0 atom stereocenters. The summed E-state index contributed by atoms with van der Waals surface area (Å²) in [7, 11) is -1.83. The van der Waals surface area contributed by atoms with Crippen LogP contribution in [-0.4, -0.2) is 49.8 Å². The molecule has 0 radical (unpaired) electrons. The van der Waals surface area contributed by atoms with Crippen LogP contribution in [0.5, 0.6) is 0 Å². The third-order valence-electron chi connectivity index (χ3n) is 1.20. The molecular weight excluding hydrogens is 212 g/mol. The summed E-state index contributed by atoms with van der Waals surface area (Å²) < 4.78 is 21.4. The summed E-state index contributed by atoms with van der Waals surface area (Å²) in [5, 5.41) is 0. The minimum absolute atomic E-state index is 0.101. The first-order valence-corrected chi connectivity index (χ1v) is 5.89. The molecule has 0 aromatic rings. The predicted octanol–water partition coefficient (Wildman–Crippen LogP) is -1.22. The van der Waals surface area contributed by atoms with E-state index in [9.17, 15) is 13.2 Å². The Hall–Kier alpha value is -0.690. The average Bonchev–Trinajstić information content (AvgIpc) is 1.81. The molecule has 0 aromatic heterocycles. The van der Waals surface area contributed by atoms with E-state index in [-0.39, 0.29) is 11.5 Å². The van der Waals surface area contributed by atoms with Crippen molar-refractivity contribution in [3.63, 3.8) is 0 Å². The van der Waals surface area contributed by atoms with Crippen LogP contribution in [0, 0.1) is 0 Å². The third-order valence-corrected chi connectivity index (χ3v) is 2.10. The highest BCUT2D eigenvalue weighted by Crippen LogP contribution is 1.90. The number of thiocarbonyl (C=S) groups is 1. The zero-order valence-corrected chi connectivity index (χ0v) is 9.11. The van der Waals surface area contributed by atoms with Crippen molar-refractivity contribution < 1.29 is 13.2 Å². The quantitative estimate of drug-likeness (QED) is 0.605. The van der Waals surface area contributed by atoms with Gasteiger partial charge in [0, 0.05) is 13.3 Å². The lowest BCUT2D eigenvalue weighted by Gasteiger charge is -2.15. The highest BCUT2D eigenvalue weighted by Gasteiger charge is 2.15. The van der Waals surface area contributed by atoms with Gasteiger partial charge in [0.1, 0.15) is 5.75 Å². The Bertz CT molecular complexity index is 310. The van der Waals surface area contributed by atoms with Crippen LogP contribution in [0.15, 0.2) is 0 Å². The number of hydrogen-bond donors (Lipinski definition) is 1. The molecule has 76 valence electrons. The molecule has 0 unspecified atom stereocenters. The van der Waals surface area contributed by atoms with Gasteiger partial charge >= 0.3 is 0 Å². The van der Waals surface area contributed by atoms with Gasteiger partial charge in [-0.1, -0.05) is 12.2 Å². The summed E-state index contributed by atoms with van der Waals surface area (Å²) >= 11 is 4.57. The highest BCUT2D eigenvalue weighted by molar-refractivity contribution is 7.91. The van der Waals surface area contributed by atoms with Crippen LogP contribution < -0.4 is 5.73 Å². The van der Waals surface area contributed by atoms with Gasteiger partial charge in [-0.3, -0.25) is 4.79 Å². The van der Waals surface area contributed by atoms with E-state index < -0.39 is 21.5 Å². The van der Waals surface area contributed by atoms with Gasteiger partial charge in [0.15, 0.2) is 9.84 Å². The second-order valence-corrected chi connectivity index (χ2v) is 5.45. The molecular formula is C6H12N2O3S2. The fourth-order valence-corrected chi connectivity index (χ4v) is 1.52. The lowest BCUT2D eigenvalue weighted by Crippen LogP contribution is -2.37. The Morgan fingerprint density at radius 1 is 1.54 bits per heavy atom. The van der Waals surface area contributed by atoms with Crippen molar-refractivity contribution in [3.8, 4) is 0 Å². The molecule has 5 nitrogen and oxygen atoms in total. The van der Waals surface area contributed by atoms with Crippen LogP contribution in [0.3, 0.4) is 0 Å². The second kappa shape index (κ2) is 4.52. The van der Waals surface area contributed by atoms with Gasteiger partial charge in [-0.2, -0.15) is 0 Å². The molecule has 0 fully saturated rings. The molecule has 0 bridgehead atoms. The van der Waals surface area contributed by atoms with Crippen molar-refractivity contribution in [2.24, 2.45) is 5.73 Å². The van der Waals surface area contributed by atoms with Crippen molar-refractivity contribution in [1.29, 1.82) is 0 Å². The van der Waals surface area contributed by atoms with Crippen LogP contribution in [0.2, 0.25) is 0 Å². The molecule has 0 heterocycles. The Kier molecular flexibility index (Phi) is 4.28. The number of sulfone groups is 1. The maximum atomic E-state index is 11.1. The molecule has 0 aliphatic carbocycles. The minimum Gasteiger partial charge on any atom is -0.392 e. The van der Waals surface area contributed by atoms with Gasteiger partial charge in [-0.05, 0) is 0 Å². The molecule has 2 N–H and O–H groups in total. The first-order chi connectivity index (χ1) is 5.72. The molecule has 0 aliphatic heterocycles. The SMILES string of the molecule is CN(CC(N)=S)C(=O)CS(C)(=O)=O. The Morgan fingerprint density at radius 3 is 2.31 bits per heavy atom. The lowest BCUT2D eigenvalue weighted by atomic mass is 10.5. The number of rotatable bonds is 4. The van der Waals surface area contributed by atoms with Gasteiger partial charge in [0.25, 0.3) is 0 Å². The second-order valence-electron chi connectivity index (χ2n) is 2.79. The van der Waals surface area contributed by atoms with Crippen molar-refractivity contribution in [2.45, 2.75) is 0 Å². The first-order valence-electron chi connectivity index (χ1n) is 3.42. The molecule has 7 heteroatoms. The van der Waals surface area contributed by atoms with E-state index in [0.717, 1.165) is 6.26 Å². The van der Waals surface area contributed by atoms with E-state index in [1.54, 1.807) is 0 Å².